The molecular formula is C13H28N2O2. The summed E-state index contributed by atoms with van der Waals surface area (Å²) in [6.07, 6.45) is 4.11. The molecule has 0 amide bonds. The molecule has 4 heteroatoms. The van der Waals surface area contributed by atoms with Crippen LogP contribution in [0.25, 0.3) is 0 Å². The van der Waals surface area contributed by atoms with E-state index in [-0.39, 0.29) is 6.10 Å². The first kappa shape index (κ1) is 14.9. The summed E-state index contributed by atoms with van der Waals surface area (Å²) in [5, 5.41) is 12.9. The Hall–Kier alpha value is -0.160. The molecule has 17 heavy (non-hydrogen) atoms. The molecule has 0 bridgehead atoms. The van der Waals surface area contributed by atoms with Crippen LogP contribution in [0.4, 0.5) is 0 Å². The lowest BCUT2D eigenvalue weighted by atomic mass is 10.1. The Labute approximate surface area is 105 Å². The third-order valence-electron chi connectivity index (χ3n) is 3.50. The van der Waals surface area contributed by atoms with Crippen LogP contribution in [-0.2, 0) is 4.74 Å². The first-order chi connectivity index (χ1) is 8.26. The average Bonchev–Trinajstić information content (AvgIpc) is 2.35. The van der Waals surface area contributed by atoms with Gasteiger partial charge >= 0.3 is 0 Å². The predicted molar refractivity (Wildman–Crippen MR) is 70.3 cm³/mol. The molecule has 0 aliphatic carbocycles. The Kier molecular flexibility index (Phi) is 7.77. The zero-order valence-corrected chi connectivity index (χ0v) is 11.3. The number of aliphatic hydroxyl groups excluding tert-OH is 1. The van der Waals surface area contributed by atoms with Crippen molar-refractivity contribution in [1.82, 2.24) is 10.2 Å². The summed E-state index contributed by atoms with van der Waals surface area (Å²) in [7, 11) is 1.75. The number of hydrogen-bond donors (Lipinski definition) is 2. The molecule has 2 N–H and O–H groups in total. The Morgan fingerprint density at radius 3 is 2.71 bits per heavy atom. The van der Waals surface area contributed by atoms with Gasteiger partial charge in [-0.15, -0.1) is 0 Å². The van der Waals surface area contributed by atoms with Crippen molar-refractivity contribution in [2.75, 3.05) is 39.9 Å². The van der Waals surface area contributed by atoms with Crippen molar-refractivity contribution in [3.8, 4) is 0 Å². The lowest BCUT2D eigenvalue weighted by Gasteiger charge is -2.29. The molecule has 1 rings (SSSR count). The lowest BCUT2D eigenvalue weighted by Crippen LogP contribution is -2.38. The minimum absolute atomic E-state index is 0.0597. The number of likely N-dealkylation sites (tertiary alicyclic amines) is 1. The predicted octanol–water partition coefficient (Wildman–Crippen LogP) is 0.848. The molecule has 1 aliphatic heterocycles. The second-order valence-electron chi connectivity index (χ2n) is 4.94. The molecule has 0 aromatic heterocycles. The summed E-state index contributed by atoms with van der Waals surface area (Å²) < 4.78 is 5.15. The first-order valence-corrected chi connectivity index (χ1v) is 6.89. The Morgan fingerprint density at radius 2 is 2.12 bits per heavy atom. The highest BCUT2D eigenvalue weighted by Crippen LogP contribution is 2.09. The van der Waals surface area contributed by atoms with Crippen LogP contribution < -0.4 is 5.32 Å². The van der Waals surface area contributed by atoms with Gasteiger partial charge in [0.25, 0.3) is 0 Å². The normalized spacial score (nSPS) is 20.6. The lowest BCUT2D eigenvalue weighted by molar-refractivity contribution is 0.0817. The van der Waals surface area contributed by atoms with E-state index < -0.39 is 0 Å². The van der Waals surface area contributed by atoms with Crippen LogP contribution in [0, 0.1) is 0 Å². The van der Waals surface area contributed by atoms with E-state index in [4.69, 9.17) is 4.74 Å². The maximum Gasteiger partial charge on any atom is 0.0615 e. The van der Waals surface area contributed by atoms with Gasteiger partial charge in [-0.2, -0.15) is 0 Å². The number of piperidine rings is 1. The molecule has 0 saturated carbocycles. The Balaban J connectivity index is 1.99. The van der Waals surface area contributed by atoms with Gasteiger partial charge in [0.2, 0.25) is 0 Å². The standard InChI is InChI=1S/C13H28N2O2/c1-3-12(11-17-2)14-7-4-8-15-9-5-13(16)6-10-15/h12-14,16H,3-11H2,1-2H3. The van der Waals surface area contributed by atoms with Gasteiger partial charge in [-0.1, -0.05) is 6.92 Å². The molecule has 1 fully saturated rings. The number of aliphatic hydroxyl groups is 1. The second-order valence-corrected chi connectivity index (χ2v) is 4.94. The molecule has 1 saturated heterocycles. The fourth-order valence-electron chi connectivity index (χ4n) is 2.27. The van der Waals surface area contributed by atoms with Crippen LogP contribution in [-0.4, -0.2) is 62.0 Å². The van der Waals surface area contributed by atoms with Crippen LogP contribution in [0.5, 0.6) is 0 Å². The van der Waals surface area contributed by atoms with Crippen LogP contribution >= 0.6 is 0 Å². The molecule has 1 aliphatic rings. The highest BCUT2D eigenvalue weighted by Gasteiger charge is 2.16. The molecule has 0 aromatic rings. The molecule has 4 nitrogen and oxygen atoms in total. The van der Waals surface area contributed by atoms with Gasteiger partial charge in [-0.3, -0.25) is 0 Å². The van der Waals surface area contributed by atoms with Crippen molar-refractivity contribution in [1.29, 1.82) is 0 Å². The zero-order valence-electron chi connectivity index (χ0n) is 11.3. The summed E-state index contributed by atoms with van der Waals surface area (Å²) in [5.74, 6) is 0. The first-order valence-electron chi connectivity index (χ1n) is 6.89. The average molecular weight is 244 g/mol. The van der Waals surface area contributed by atoms with Crippen molar-refractivity contribution in [3.63, 3.8) is 0 Å². The van der Waals surface area contributed by atoms with E-state index in [0.717, 1.165) is 52.0 Å². The summed E-state index contributed by atoms with van der Waals surface area (Å²) in [4.78, 5) is 2.45. The Morgan fingerprint density at radius 1 is 1.41 bits per heavy atom. The number of methoxy groups -OCH3 is 1. The quantitative estimate of drug-likeness (QED) is 0.621. The highest BCUT2D eigenvalue weighted by atomic mass is 16.5. The molecule has 1 atom stereocenters. The van der Waals surface area contributed by atoms with E-state index in [1.165, 1.54) is 6.42 Å². The van der Waals surface area contributed by atoms with E-state index in [1.807, 2.05) is 0 Å². The fraction of sp³-hybridized carbons (Fsp3) is 1.00. The zero-order chi connectivity index (χ0) is 12.5. The summed E-state index contributed by atoms with van der Waals surface area (Å²) in [6.45, 7) is 7.28. The van der Waals surface area contributed by atoms with Crippen LogP contribution in [0.1, 0.15) is 32.6 Å². The maximum absolute atomic E-state index is 9.41. The third kappa shape index (κ3) is 6.36. The molecule has 102 valence electrons. The van der Waals surface area contributed by atoms with Crippen molar-refractivity contribution in [2.24, 2.45) is 0 Å². The monoisotopic (exact) mass is 244 g/mol. The van der Waals surface area contributed by atoms with Gasteiger partial charge in [0.15, 0.2) is 0 Å². The number of ether oxygens (including phenoxy) is 1. The van der Waals surface area contributed by atoms with Gasteiger partial charge in [0.1, 0.15) is 0 Å². The van der Waals surface area contributed by atoms with Gasteiger partial charge in [0, 0.05) is 26.2 Å². The summed E-state index contributed by atoms with van der Waals surface area (Å²) in [5.41, 5.74) is 0. The van der Waals surface area contributed by atoms with Crippen LogP contribution in [0.3, 0.4) is 0 Å². The molecule has 1 unspecified atom stereocenters. The van der Waals surface area contributed by atoms with Gasteiger partial charge < -0.3 is 20.1 Å². The number of nitrogens with zero attached hydrogens (tertiary/aromatic N) is 1. The fourth-order valence-corrected chi connectivity index (χ4v) is 2.27. The van der Waals surface area contributed by atoms with Gasteiger partial charge in [0.05, 0.1) is 12.7 Å². The smallest absolute Gasteiger partial charge is 0.0615 e. The number of hydrogen-bond acceptors (Lipinski definition) is 4. The molecule has 0 spiro atoms. The summed E-state index contributed by atoms with van der Waals surface area (Å²) >= 11 is 0. The topological polar surface area (TPSA) is 44.7 Å². The SMILES string of the molecule is CCC(COC)NCCCN1CCC(O)CC1. The van der Waals surface area contributed by atoms with Crippen molar-refractivity contribution < 1.29 is 9.84 Å². The van der Waals surface area contributed by atoms with E-state index >= 15 is 0 Å². The largest absolute Gasteiger partial charge is 0.393 e. The number of nitrogens with one attached hydrogen (secondary N) is 1. The minimum atomic E-state index is -0.0597. The van der Waals surface area contributed by atoms with Gasteiger partial charge in [-0.25, -0.2) is 0 Å². The summed E-state index contributed by atoms with van der Waals surface area (Å²) in [6, 6.07) is 0.489. The third-order valence-corrected chi connectivity index (χ3v) is 3.50. The van der Waals surface area contributed by atoms with E-state index in [0.29, 0.717) is 6.04 Å². The maximum atomic E-state index is 9.41. The second kappa shape index (κ2) is 8.86. The van der Waals surface area contributed by atoms with Crippen LogP contribution in [0.2, 0.25) is 0 Å². The Bertz CT molecular complexity index is 182. The van der Waals surface area contributed by atoms with Crippen LogP contribution in [0.15, 0.2) is 0 Å². The molecule has 0 aromatic carbocycles. The van der Waals surface area contributed by atoms with E-state index in [2.05, 4.69) is 17.1 Å². The van der Waals surface area contributed by atoms with Crippen molar-refractivity contribution >= 4 is 0 Å². The molecule has 1 heterocycles. The number of rotatable bonds is 8. The van der Waals surface area contributed by atoms with Gasteiger partial charge in [-0.05, 0) is 38.8 Å². The van der Waals surface area contributed by atoms with E-state index in [1.54, 1.807) is 7.11 Å². The molecule has 0 radical (unpaired) electrons. The highest BCUT2D eigenvalue weighted by molar-refractivity contribution is 4.71. The minimum Gasteiger partial charge on any atom is -0.393 e. The molecular weight excluding hydrogens is 216 g/mol. The van der Waals surface area contributed by atoms with E-state index in [9.17, 15) is 5.11 Å². The van der Waals surface area contributed by atoms with Crippen molar-refractivity contribution in [2.45, 2.75) is 44.8 Å². The van der Waals surface area contributed by atoms with Crippen molar-refractivity contribution in [3.05, 3.63) is 0 Å².